The lowest BCUT2D eigenvalue weighted by Gasteiger charge is -2.40. The summed E-state index contributed by atoms with van der Waals surface area (Å²) >= 11 is 0. The number of nitrogens with zero attached hydrogens (tertiary/aromatic N) is 6. The molecule has 0 bridgehead atoms. The minimum atomic E-state index is 0.107. The van der Waals surface area contributed by atoms with Gasteiger partial charge < -0.3 is 15.1 Å². The van der Waals surface area contributed by atoms with Crippen LogP contribution >= 0.6 is 0 Å². The molecule has 1 saturated carbocycles. The zero-order valence-electron chi connectivity index (χ0n) is 15.8. The molecule has 2 aromatic rings. The molecule has 2 aliphatic rings. The molecule has 27 heavy (non-hydrogen) atoms. The molecule has 8 heteroatoms. The second-order valence-electron chi connectivity index (χ2n) is 7.60. The minimum absolute atomic E-state index is 0.107. The Morgan fingerprint density at radius 2 is 2.11 bits per heavy atom. The van der Waals surface area contributed by atoms with Gasteiger partial charge >= 0.3 is 0 Å². The maximum atomic E-state index is 12.4. The van der Waals surface area contributed by atoms with Crippen molar-refractivity contribution in [1.82, 2.24) is 29.7 Å². The van der Waals surface area contributed by atoms with Crippen molar-refractivity contribution in [3.05, 3.63) is 31.1 Å². The smallest absolute Gasteiger partial charge is 0.222 e. The highest BCUT2D eigenvalue weighted by Crippen LogP contribution is 2.31. The number of amides is 1. The average Bonchev–Trinajstić information content (AvgIpc) is 3.31. The van der Waals surface area contributed by atoms with Gasteiger partial charge in [-0.3, -0.25) is 9.36 Å². The number of likely N-dealkylation sites (N-methyl/N-ethyl adjacent to an activating group) is 1. The monoisotopic (exact) mass is 369 g/mol. The molecule has 2 aromatic heterocycles. The lowest BCUT2D eigenvalue weighted by Crippen LogP contribution is -2.53. The summed E-state index contributed by atoms with van der Waals surface area (Å²) in [5.41, 5.74) is 0. The Morgan fingerprint density at radius 1 is 1.26 bits per heavy atom. The molecule has 4 rings (SSSR count). The molecular formula is C19H27N7O. The van der Waals surface area contributed by atoms with Crippen LogP contribution in [0.5, 0.6) is 0 Å². The van der Waals surface area contributed by atoms with Crippen LogP contribution in [-0.2, 0) is 4.79 Å². The molecule has 1 aliphatic heterocycles. The highest BCUT2D eigenvalue weighted by atomic mass is 16.1. The largest absolute Gasteiger partial charge is 0.356 e. The zero-order valence-corrected chi connectivity index (χ0v) is 15.8. The zero-order chi connectivity index (χ0) is 18.6. The highest BCUT2D eigenvalue weighted by molar-refractivity contribution is 5.77. The Kier molecular flexibility index (Phi) is 5.33. The van der Waals surface area contributed by atoms with Crippen molar-refractivity contribution in [2.45, 2.75) is 31.7 Å². The third-order valence-electron chi connectivity index (χ3n) is 5.38. The van der Waals surface area contributed by atoms with Gasteiger partial charge in [0.1, 0.15) is 24.3 Å². The van der Waals surface area contributed by atoms with Crippen LogP contribution in [0.4, 0.5) is 5.82 Å². The third kappa shape index (κ3) is 4.63. The fraction of sp³-hybridized carbons (Fsp3) is 0.579. The molecule has 144 valence electrons. The summed E-state index contributed by atoms with van der Waals surface area (Å²) < 4.78 is 1.86. The van der Waals surface area contributed by atoms with E-state index in [0.29, 0.717) is 6.42 Å². The molecule has 1 saturated heterocycles. The van der Waals surface area contributed by atoms with Crippen molar-refractivity contribution < 1.29 is 4.79 Å². The van der Waals surface area contributed by atoms with Gasteiger partial charge in [0, 0.05) is 51.1 Å². The first-order valence-corrected chi connectivity index (χ1v) is 9.71. The van der Waals surface area contributed by atoms with Crippen molar-refractivity contribution in [3.8, 4) is 5.82 Å². The summed E-state index contributed by atoms with van der Waals surface area (Å²) in [5, 5.41) is 3.09. The number of imidazole rings is 1. The predicted molar refractivity (Wildman–Crippen MR) is 103 cm³/mol. The second kappa shape index (κ2) is 8.04. The van der Waals surface area contributed by atoms with Crippen molar-refractivity contribution in [2.75, 3.05) is 38.1 Å². The van der Waals surface area contributed by atoms with E-state index in [-0.39, 0.29) is 11.9 Å². The van der Waals surface area contributed by atoms with Crippen molar-refractivity contribution in [1.29, 1.82) is 0 Å². The van der Waals surface area contributed by atoms with Gasteiger partial charge in [0.25, 0.3) is 0 Å². The Hall–Kier alpha value is -2.48. The second-order valence-corrected chi connectivity index (χ2v) is 7.60. The Morgan fingerprint density at radius 3 is 2.89 bits per heavy atom. The first-order valence-electron chi connectivity index (χ1n) is 9.71. The van der Waals surface area contributed by atoms with E-state index in [1.807, 2.05) is 16.8 Å². The van der Waals surface area contributed by atoms with Gasteiger partial charge in [-0.1, -0.05) is 12.8 Å². The number of piperazine rings is 1. The number of carbonyl (C=O) groups is 1. The Labute approximate surface area is 159 Å². The van der Waals surface area contributed by atoms with E-state index in [4.69, 9.17) is 0 Å². The fourth-order valence-electron chi connectivity index (χ4n) is 3.63. The molecule has 8 nitrogen and oxygen atoms in total. The molecule has 3 heterocycles. The molecule has 1 amide bonds. The van der Waals surface area contributed by atoms with Gasteiger partial charge in [-0.2, -0.15) is 0 Å². The summed E-state index contributed by atoms with van der Waals surface area (Å²) in [5.74, 6) is 2.61. The van der Waals surface area contributed by atoms with E-state index < -0.39 is 0 Å². The standard InChI is InChI=1S/C19H27N7O/c1-24-8-9-26(16(12-24)10-19(27)21-5-4-15-2-3-15)18-11-17(22-13-23-18)25-7-6-20-14-25/h6-7,11,13-16H,2-5,8-10,12H2,1H3,(H,21,27). The molecule has 0 radical (unpaired) electrons. The van der Waals surface area contributed by atoms with Crippen LogP contribution in [-0.4, -0.2) is 69.6 Å². The van der Waals surface area contributed by atoms with Crippen LogP contribution in [0.2, 0.25) is 0 Å². The van der Waals surface area contributed by atoms with Crippen LogP contribution in [0, 0.1) is 5.92 Å². The van der Waals surface area contributed by atoms with Crippen LogP contribution in [0.25, 0.3) is 5.82 Å². The van der Waals surface area contributed by atoms with E-state index in [1.165, 1.54) is 12.8 Å². The van der Waals surface area contributed by atoms with Crippen molar-refractivity contribution in [2.24, 2.45) is 5.92 Å². The highest BCUT2D eigenvalue weighted by Gasteiger charge is 2.29. The fourth-order valence-corrected chi connectivity index (χ4v) is 3.63. The number of carbonyl (C=O) groups excluding carboxylic acids is 1. The van der Waals surface area contributed by atoms with Gasteiger partial charge in [-0.15, -0.1) is 0 Å². The minimum Gasteiger partial charge on any atom is -0.356 e. The maximum Gasteiger partial charge on any atom is 0.222 e. The Balaban J connectivity index is 1.44. The van der Waals surface area contributed by atoms with Gasteiger partial charge in [0.2, 0.25) is 5.91 Å². The van der Waals surface area contributed by atoms with Gasteiger partial charge in [0.05, 0.1) is 6.04 Å². The first-order chi connectivity index (χ1) is 13.2. The predicted octanol–water partition coefficient (Wildman–Crippen LogP) is 1.09. The van der Waals surface area contributed by atoms with Crippen LogP contribution in [0.1, 0.15) is 25.7 Å². The lowest BCUT2D eigenvalue weighted by atomic mass is 10.1. The number of nitrogens with one attached hydrogen (secondary N) is 1. The molecule has 1 atom stereocenters. The normalized spacial score (nSPS) is 20.6. The van der Waals surface area contributed by atoms with E-state index in [0.717, 1.165) is 50.2 Å². The van der Waals surface area contributed by atoms with E-state index in [2.05, 4.69) is 37.1 Å². The average molecular weight is 369 g/mol. The molecule has 0 spiro atoms. The third-order valence-corrected chi connectivity index (χ3v) is 5.38. The summed E-state index contributed by atoms with van der Waals surface area (Å²) in [6.07, 6.45) is 11.1. The van der Waals surface area contributed by atoms with Crippen molar-refractivity contribution in [3.63, 3.8) is 0 Å². The van der Waals surface area contributed by atoms with E-state index in [1.54, 1.807) is 18.9 Å². The first kappa shape index (κ1) is 17.9. The number of aromatic nitrogens is 4. The summed E-state index contributed by atoms with van der Waals surface area (Å²) in [6, 6.07) is 2.07. The molecule has 2 fully saturated rings. The number of hydrogen-bond donors (Lipinski definition) is 1. The summed E-state index contributed by atoms with van der Waals surface area (Å²) in [7, 11) is 2.10. The van der Waals surface area contributed by atoms with Gasteiger partial charge in [0.15, 0.2) is 0 Å². The Bertz CT molecular complexity index is 759. The molecule has 1 unspecified atom stereocenters. The van der Waals surface area contributed by atoms with Crippen LogP contribution < -0.4 is 10.2 Å². The van der Waals surface area contributed by atoms with E-state index >= 15 is 0 Å². The number of hydrogen-bond acceptors (Lipinski definition) is 6. The number of rotatable bonds is 7. The van der Waals surface area contributed by atoms with E-state index in [9.17, 15) is 4.79 Å². The topological polar surface area (TPSA) is 79.2 Å². The molecular weight excluding hydrogens is 342 g/mol. The molecule has 0 aromatic carbocycles. The van der Waals surface area contributed by atoms with Gasteiger partial charge in [-0.25, -0.2) is 15.0 Å². The maximum absolute atomic E-state index is 12.4. The van der Waals surface area contributed by atoms with Gasteiger partial charge in [-0.05, 0) is 19.4 Å². The van der Waals surface area contributed by atoms with Crippen LogP contribution in [0.15, 0.2) is 31.1 Å². The molecule has 1 aliphatic carbocycles. The quantitative estimate of drug-likeness (QED) is 0.787. The summed E-state index contributed by atoms with van der Waals surface area (Å²) in [4.78, 5) is 29.9. The SMILES string of the molecule is CN1CCN(c2cc(-n3ccnc3)ncn2)C(CC(=O)NCCC2CC2)C1. The van der Waals surface area contributed by atoms with Crippen LogP contribution in [0.3, 0.4) is 0 Å². The van der Waals surface area contributed by atoms with Crippen molar-refractivity contribution >= 4 is 11.7 Å². The molecule has 1 N–H and O–H groups in total. The lowest BCUT2D eigenvalue weighted by molar-refractivity contribution is -0.121. The summed E-state index contributed by atoms with van der Waals surface area (Å²) in [6.45, 7) is 3.44. The number of anilines is 1.